The molecular weight excluding hydrogens is 314 g/mol. The summed E-state index contributed by atoms with van der Waals surface area (Å²) in [5.41, 5.74) is 9.47. The molecule has 1 unspecified atom stereocenters. The maximum atomic E-state index is 9.32. The van der Waals surface area contributed by atoms with Gasteiger partial charge in [0.25, 0.3) is 0 Å². The average molecular weight is 326 g/mol. The monoisotopic (exact) mass is 325 g/mol. The van der Waals surface area contributed by atoms with Crippen LogP contribution in [0.1, 0.15) is 12.6 Å². The lowest BCUT2D eigenvalue weighted by atomic mass is 10.1. The average Bonchev–Trinajstić information content (AvgIpc) is 3.10. The number of rotatable bonds is 4. The van der Waals surface area contributed by atoms with E-state index in [9.17, 15) is 5.11 Å². The zero-order valence-electron chi connectivity index (χ0n) is 11.5. The van der Waals surface area contributed by atoms with Crippen molar-refractivity contribution in [2.75, 3.05) is 13.7 Å². The number of hydrogen-bond acceptors (Lipinski definition) is 7. The number of aliphatic hydroxyl groups excluding tert-OH is 1. The van der Waals surface area contributed by atoms with Crippen LogP contribution in [-0.2, 0) is 4.74 Å². The summed E-state index contributed by atoms with van der Waals surface area (Å²) in [7, 11) is 1.46. The van der Waals surface area contributed by atoms with E-state index in [1.54, 1.807) is 4.57 Å². The molecule has 1 fully saturated rings. The highest BCUT2D eigenvalue weighted by atomic mass is 35.5. The predicted octanol–water partition coefficient (Wildman–Crippen LogP) is 1.45. The molecule has 0 bridgehead atoms. The number of azide groups is 1. The summed E-state index contributed by atoms with van der Waals surface area (Å²) in [6, 6.07) is -0.461. The SMILES string of the molecule is COc1nc(Cl)nc2c1ncn2[C@H]1CC(N=[N+]=[N-])[C@@H](CO)O1. The van der Waals surface area contributed by atoms with Crippen LogP contribution < -0.4 is 4.74 Å². The topological polar surface area (TPSA) is 131 Å². The van der Waals surface area contributed by atoms with Gasteiger partial charge in [-0.2, -0.15) is 9.97 Å². The van der Waals surface area contributed by atoms with Crippen molar-refractivity contribution in [1.29, 1.82) is 0 Å². The van der Waals surface area contributed by atoms with Crippen molar-refractivity contribution >= 4 is 22.8 Å². The van der Waals surface area contributed by atoms with E-state index in [4.69, 9.17) is 26.6 Å². The molecule has 0 saturated carbocycles. The van der Waals surface area contributed by atoms with Gasteiger partial charge in [-0.25, -0.2) is 4.98 Å². The standard InChI is InChI=1S/C11H12ClN7O3/c1-21-10-8-9(15-11(12)16-10)19(4-14-8)7-2-5(17-18-13)6(3-20)22-7/h4-7,20H,2-3H2,1H3/t5?,6-,7-/m1/s1. The van der Waals surface area contributed by atoms with Crippen LogP contribution in [0.4, 0.5) is 0 Å². The maximum absolute atomic E-state index is 9.32. The molecule has 2 aromatic heterocycles. The molecule has 116 valence electrons. The van der Waals surface area contributed by atoms with E-state index in [0.717, 1.165) is 0 Å². The highest BCUT2D eigenvalue weighted by Gasteiger charge is 2.36. The lowest BCUT2D eigenvalue weighted by molar-refractivity contribution is -0.0233. The van der Waals surface area contributed by atoms with Gasteiger partial charge < -0.3 is 14.6 Å². The third kappa shape index (κ3) is 2.42. The van der Waals surface area contributed by atoms with E-state index in [2.05, 4.69) is 25.0 Å². The Morgan fingerprint density at radius 1 is 1.64 bits per heavy atom. The minimum Gasteiger partial charge on any atom is -0.479 e. The quantitative estimate of drug-likeness (QED) is 0.391. The first-order valence-electron chi connectivity index (χ1n) is 6.42. The summed E-state index contributed by atoms with van der Waals surface area (Å²) in [5.74, 6) is 0.261. The Bertz CT molecular complexity index is 745. The molecule has 3 rings (SSSR count). The van der Waals surface area contributed by atoms with Crippen LogP contribution in [0.3, 0.4) is 0 Å². The van der Waals surface area contributed by atoms with Crippen LogP contribution in [0.25, 0.3) is 21.6 Å². The van der Waals surface area contributed by atoms with Crippen LogP contribution in [-0.4, -0.2) is 50.5 Å². The highest BCUT2D eigenvalue weighted by molar-refractivity contribution is 6.28. The summed E-state index contributed by atoms with van der Waals surface area (Å²) in [5, 5.41) is 13.0. The zero-order valence-corrected chi connectivity index (χ0v) is 12.3. The molecule has 3 heterocycles. The molecule has 10 nitrogen and oxygen atoms in total. The number of ether oxygens (including phenoxy) is 2. The predicted molar refractivity (Wildman–Crippen MR) is 75.4 cm³/mol. The van der Waals surface area contributed by atoms with Gasteiger partial charge in [0.15, 0.2) is 11.2 Å². The Morgan fingerprint density at radius 3 is 3.14 bits per heavy atom. The molecule has 0 aliphatic carbocycles. The van der Waals surface area contributed by atoms with Crippen molar-refractivity contribution in [1.82, 2.24) is 19.5 Å². The largest absolute Gasteiger partial charge is 0.479 e. The normalized spacial score (nSPS) is 24.4. The lowest BCUT2D eigenvalue weighted by Gasteiger charge is -2.14. The van der Waals surface area contributed by atoms with Gasteiger partial charge in [-0.05, 0) is 17.1 Å². The van der Waals surface area contributed by atoms with Gasteiger partial charge in [0, 0.05) is 11.3 Å². The summed E-state index contributed by atoms with van der Waals surface area (Å²) >= 11 is 5.88. The van der Waals surface area contributed by atoms with Crippen LogP contribution >= 0.6 is 11.6 Å². The third-order valence-electron chi connectivity index (χ3n) is 3.45. The second kappa shape index (κ2) is 5.93. The molecule has 1 N–H and O–H groups in total. The first-order chi connectivity index (χ1) is 10.7. The first kappa shape index (κ1) is 14.8. The Kier molecular flexibility index (Phi) is 3.99. The molecule has 0 radical (unpaired) electrons. The summed E-state index contributed by atoms with van der Waals surface area (Å²) in [6.07, 6.45) is 0.867. The van der Waals surface area contributed by atoms with Crippen LogP contribution in [0.15, 0.2) is 11.4 Å². The number of halogens is 1. The van der Waals surface area contributed by atoms with E-state index in [-0.39, 0.29) is 17.8 Å². The van der Waals surface area contributed by atoms with E-state index < -0.39 is 18.4 Å². The van der Waals surface area contributed by atoms with Gasteiger partial charge in [0.2, 0.25) is 11.2 Å². The van der Waals surface area contributed by atoms with E-state index in [1.807, 2.05) is 0 Å². The third-order valence-corrected chi connectivity index (χ3v) is 3.62. The molecule has 0 spiro atoms. The highest BCUT2D eigenvalue weighted by Crippen LogP contribution is 2.34. The number of aromatic nitrogens is 4. The zero-order chi connectivity index (χ0) is 15.7. The van der Waals surface area contributed by atoms with Gasteiger partial charge in [-0.15, -0.1) is 0 Å². The van der Waals surface area contributed by atoms with Crippen molar-refractivity contribution in [2.24, 2.45) is 5.11 Å². The van der Waals surface area contributed by atoms with Crippen molar-refractivity contribution in [3.8, 4) is 5.88 Å². The number of methoxy groups -OCH3 is 1. The van der Waals surface area contributed by atoms with Crippen LogP contribution in [0.5, 0.6) is 5.88 Å². The van der Waals surface area contributed by atoms with Gasteiger partial charge in [-0.1, -0.05) is 5.11 Å². The van der Waals surface area contributed by atoms with Crippen molar-refractivity contribution in [3.05, 3.63) is 22.1 Å². The number of aliphatic hydroxyl groups is 1. The van der Waals surface area contributed by atoms with Crippen molar-refractivity contribution in [2.45, 2.75) is 24.8 Å². The smallest absolute Gasteiger partial charge is 0.246 e. The lowest BCUT2D eigenvalue weighted by Crippen LogP contribution is -2.22. The van der Waals surface area contributed by atoms with Crippen molar-refractivity contribution in [3.63, 3.8) is 0 Å². The Hall–Kier alpha value is -2.13. The first-order valence-corrected chi connectivity index (χ1v) is 6.80. The fourth-order valence-corrected chi connectivity index (χ4v) is 2.61. The summed E-state index contributed by atoms with van der Waals surface area (Å²) < 4.78 is 12.5. The summed E-state index contributed by atoms with van der Waals surface area (Å²) in [4.78, 5) is 15.1. The van der Waals surface area contributed by atoms with E-state index in [1.165, 1.54) is 13.4 Å². The van der Waals surface area contributed by atoms with Crippen LogP contribution in [0, 0.1) is 0 Å². The molecule has 1 aliphatic heterocycles. The fourth-order valence-electron chi connectivity index (χ4n) is 2.46. The Labute approximate surface area is 129 Å². The van der Waals surface area contributed by atoms with Gasteiger partial charge in [0.1, 0.15) is 6.23 Å². The second-order valence-corrected chi connectivity index (χ2v) is 4.98. The number of nitrogens with zero attached hydrogens (tertiary/aromatic N) is 7. The number of fused-ring (bicyclic) bond motifs is 1. The molecule has 1 saturated heterocycles. The minimum absolute atomic E-state index is 0.0226. The van der Waals surface area contributed by atoms with Gasteiger partial charge in [-0.3, -0.25) is 4.57 Å². The minimum atomic E-state index is -0.572. The van der Waals surface area contributed by atoms with Crippen molar-refractivity contribution < 1.29 is 14.6 Å². The second-order valence-electron chi connectivity index (χ2n) is 4.65. The van der Waals surface area contributed by atoms with Gasteiger partial charge in [0.05, 0.1) is 32.2 Å². The molecule has 2 aromatic rings. The fraction of sp³-hybridized carbons (Fsp3) is 0.545. The molecule has 22 heavy (non-hydrogen) atoms. The molecule has 0 amide bonds. The van der Waals surface area contributed by atoms with E-state index in [0.29, 0.717) is 17.6 Å². The van der Waals surface area contributed by atoms with Gasteiger partial charge >= 0.3 is 0 Å². The van der Waals surface area contributed by atoms with Crippen LogP contribution in [0.2, 0.25) is 5.28 Å². The number of imidazole rings is 1. The Morgan fingerprint density at radius 2 is 2.45 bits per heavy atom. The molecule has 3 atom stereocenters. The van der Waals surface area contributed by atoms with E-state index >= 15 is 0 Å². The number of hydrogen-bond donors (Lipinski definition) is 1. The molecular formula is C11H12ClN7O3. The molecule has 0 aromatic carbocycles. The molecule has 1 aliphatic rings. The maximum Gasteiger partial charge on any atom is 0.246 e. The molecule has 11 heteroatoms. The summed E-state index contributed by atoms with van der Waals surface area (Å²) in [6.45, 7) is -0.244. The Balaban J connectivity index is 2.01.